The molecule has 0 aliphatic heterocycles. The number of benzene rings is 3. The summed E-state index contributed by atoms with van der Waals surface area (Å²) in [6, 6.07) is 22.5. The molecule has 162 valence electrons. The highest BCUT2D eigenvalue weighted by atomic mass is 16.1. The SMILES string of the molecule is N=C(CCCc1c[nH]c2ccccc12)N(Cc1cccc2ccccc12)C(=N)CNC=O. The summed E-state index contributed by atoms with van der Waals surface area (Å²) in [6.45, 7) is 0.520. The van der Waals surface area contributed by atoms with Crippen molar-refractivity contribution in [3.8, 4) is 0 Å². The molecule has 0 aliphatic rings. The Hall–Kier alpha value is -3.93. The molecule has 0 saturated carbocycles. The van der Waals surface area contributed by atoms with E-state index in [2.05, 4.69) is 40.6 Å². The maximum Gasteiger partial charge on any atom is 0.207 e. The number of amides is 1. The smallest absolute Gasteiger partial charge is 0.207 e. The van der Waals surface area contributed by atoms with Gasteiger partial charge < -0.3 is 15.2 Å². The maximum atomic E-state index is 10.8. The molecule has 0 fully saturated rings. The van der Waals surface area contributed by atoms with Gasteiger partial charge in [-0.3, -0.25) is 15.6 Å². The van der Waals surface area contributed by atoms with Gasteiger partial charge in [-0.1, -0.05) is 60.7 Å². The van der Waals surface area contributed by atoms with Gasteiger partial charge in [0.25, 0.3) is 0 Å². The summed E-state index contributed by atoms with van der Waals surface area (Å²) in [7, 11) is 0. The van der Waals surface area contributed by atoms with E-state index in [1.165, 1.54) is 10.9 Å². The van der Waals surface area contributed by atoms with E-state index in [9.17, 15) is 4.79 Å². The van der Waals surface area contributed by atoms with E-state index in [1.807, 2.05) is 42.6 Å². The van der Waals surface area contributed by atoms with Crippen molar-refractivity contribution in [1.29, 1.82) is 10.8 Å². The number of carbonyl (C=O) groups excluding carboxylic acids is 1. The Bertz CT molecular complexity index is 1250. The van der Waals surface area contributed by atoms with Gasteiger partial charge in [0.05, 0.1) is 13.1 Å². The average Bonchev–Trinajstić information content (AvgIpc) is 3.24. The lowest BCUT2D eigenvalue weighted by molar-refractivity contribution is -0.109. The number of carbonyl (C=O) groups is 1. The number of aromatic amines is 1. The molecule has 1 heterocycles. The number of nitrogens with one attached hydrogen (secondary N) is 4. The van der Waals surface area contributed by atoms with Gasteiger partial charge in [-0.2, -0.15) is 0 Å². The van der Waals surface area contributed by atoms with Gasteiger partial charge in [-0.25, -0.2) is 0 Å². The zero-order chi connectivity index (χ0) is 22.3. The van der Waals surface area contributed by atoms with Gasteiger partial charge in [0, 0.05) is 23.5 Å². The van der Waals surface area contributed by atoms with Crippen molar-refractivity contribution in [2.75, 3.05) is 6.54 Å². The summed E-state index contributed by atoms with van der Waals surface area (Å²) < 4.78 is 0. The van der Waals surface area contributed by atoms with E-state index in [4.69, 9.17) is 10.8 Å². The van der Waals surface area contributed by atoms with Crippen molar-refractivity contribution >= 4 is 39.8 Å². The van der Waals surface area contributed by atoms with Crippen molar-refractivity contribution in [2.24, 2.45) is 0 Å². The fourth-order valence-electron chi connectivity index (χ4n) is 4.11. The van der Waals surface area contributed by atoms with Crippen molar-refractivity contribution in [2.45, 2.75) is 25.8 Å². The maximum absolute atomic E-state index is 10.8. The Kier molecular flexibility index (Phi) is 6.60. The van der Waals surface area contributed by atoms with Crippen LogP contribution in [-0.4, -0.2) is 34.5 Å². The standard InChI is InChI=1S/C26H27N5O/c27-25(14-6-9-20-15-30-24-13-4-3-12-23(20)24)31(26(28)16-29-18-32)17-21-10-5-8-19-7-1-2-11-22(19)21/h1-5,7-8,10-13,15,18,27-28,30H,6,9,14,16-17H2,(H,29,32). The fraction of sp³-hybridized carbons (Fsp3) is 0.192. The van der Waals surface area contributed by atoms with Gasteiger partial charge in [-0.05, 0) is 40.8 Å². The van der Waals surface area contributed by atoms with E-state index >= 15 is 0 Å². The second-order valence-electron chi connectivity index (χ2n) is 7.83. The minimum absolute atomic E-state index is 0.0963. The highest BCUT2D eigenvalue weighted by Gasteiger charge is 2.17. The molecule has 0 aliphatic carbocycles. The van der Waals surface area contributed by atoms with Gasteiger partial charge >= 0.3 is 0 Å². The number of nitrogens with zero attached hydrogens (tertiary/aromatic N) is 1. The lowest BCUT2D eigenvalue weighted by atomic mass is 10.0. The predicted octanol–water partition coefficient (Wildman–Crippen LogP) is 4.85. The second kappa shape index (κ2) is 9.92. The van der Waals surface area contributed by atoms with Crippen LogP contribution >= 0.6 is 0 Å². The van der Waals surface area contributed by atoms with Crippen LogP contribution in [-0.2, 0) is 17.8 Å². The van der Waals surface area contributed by atoms with Gasteiger partial charge in [0.15, 0.2) is 0 Å². The predicted molar refractivity (Wildman–Crippen MR) is 130 cm³/mol. The number of fused-ring (bicyclic) bond motifs is 2. The Balaban J connectivity index is 1.48. The molecule has 0 bridgehead atoms. The minimum atomic E-state index is 0.0963. The largest absolute Gasteiger partial charge is 0.361 e. The van der Waals surface area contributed by atoms with Crippen molar-refractivity contribution in [3.05, 3.63) is 84.1 Å². The summed E-state index contributed by atoms with van der Waals surface area (Å²) >= 11 is 0. The van der Waals surface area contributed by atoms with Crippen LogP contribution in [0.3, 0.4) is 0 Å². The van der Waals surface area contributed by atoms with E-state index < -0.39 is 0 Å². The Morgan fingerprint density at radius 2 is 1.66 bits per heavy atom. The third kappa shape index (κ3) is 4.70. The lowest BCUT2D eigenvalue weighted by Crippen LogP contribution is -2.40. The normalized spacial score (nSPS) is 10.9. The number of rotatable bonds is 9. The summed E-state index contributed by atoms with van der Waals surface area (Å²) in [6.07, 6.45) is 4.84. The van der Waals surface area contributed by atoms with E-state index in [1.54, 1.807) is 4.90 Å². The number of aryl methyl sites for hydroxylation is 1. The quantitative estimate of drug-likeness (QED) is 0.175. The first kappa shape index (κ1) is 21.3. The third-order valence-corrected chi connectivity index (χ3v) is 5.75. The third-order valence-electron chi connectivity index (χ3n) is 5.75. The molecule has 4 aromatic rings. The van der Waals surface area contributed by atoms with Crippen LogP contribution in [0, 0.1) is 10.8 Å². The van der Waals surface area contributed by atoms with Crippen molar-refractivity contribution in [3.63, 3.8) is 0 Å². The molecule has 0 unspecified atom stereocenters. The summed E-state index contributed by atoms with van der Waals surface area (Å²) in [5.41, 5.74) is 3.42. The number of H-pyrrole nitrogens is 1. The molecule has 0 atom stereocenters. The summed E-state index contributed by atoms with van der Waals surface area (Å²) in [5, 5.41) is 23.2. The molecule has 0 radical (unpaired) electrons. The van der Waals surface area contributed by atoms with Crippen LogP contribution in [0.15, 0.2) is 72.9 Å². The Morgan fingerprint density at radius 3 is 2.50 bits per heavy atom. The van der Waals surface area contributed by atoms with E-state index in [-0.39, 0.29) is 12.4 Å². The van der Waals surface area contributed by atoms with E-state index in [0.29, 0.717) is 25.2 Å². The summed E-state index contributed by atoms with van der Waals surface area (Å²) in [4.78, 5) is 15.8. The lowest BCUT2D eigenvalue weighted by Gasteiger charge is -2.26. The van der Waals surface area contributed by atoms with Gasteiger partial charge in [0.2, 0.25) is 6.41 Å². The van der Waals surface area contributed by atoms with E-state index in [0.717, 1.165) is 34.7 Å². The first-order valence-electron chi connectivity index (χ1n) is 10.8. The molecule has 32 heavy (non-hydrogen) atoms. The highest BCUT2D eigenvalue weighted by Crippen LogP contribution is 2.22. The highest BCUT2D eigenvalue weighted by molar-refractivity contribution is 6.00. The van der Waals surface area contributed by atoms with Gasteiger partial charge in [0.1, 0.15) is 11.7 Å². The van der Waals surface area contributed by atoms with Crippen LogP contribution in [0.25, 0.3) is 21.7 Å². The summed E-state index contributed by atoms with van der Waals surface area (Å²) in [5.74, 6) is 0.595. The fourth-order valence-corrected chi connectivity index (χ4v) is 4.11. The van der Waals surface area contributed by atoms with Crippen LogP contribution < -0.4 is 5.32 Å². The molecule has 4 N–H and O–H groups in total. The molecule has 6 nitrogen and oxygen atoms in total. The molecule has 0 saturated heterocycles. The molecule has 1 amide bonds. The second-order valence-corrected chi connectivity index (χ2v) is 7.83. The van der Waals surface area contributed by atoms with Crippen LogP contribution in [0.2, 0.25) is 0 Å². The van der Waals surface area contributed by atoms with Crippen molar-refractivity contribution < 1.29 is 4.79 Å². The van der Waals surface area contributed by atoms with Gasteiger partial charge in [-0.15, -0.1) is 0 Å². The zero-order valence-corrected chi connectivity index (χ0v) is 17.9. The molecule has 1 aromatic heterocycles. The number of para-hydroxylation sites is 1. The zero-order valence-electron chi connectivity index (χ0n) is 17.9. The van der Waals surface area contributed by atoms with Crippen LogP contribution in [0.5, 0.6) is 0 Å². The molecule has 6 heteroatoms. The van der Waals surface area contributed by atoms with Crippen LogP contribution in [0.1, 0.15) is 24.0 Å². The molecule has 4 rings (SSSR count). The average molecular weight is 426 g/mol. The Labute approximate surface area is 187 Å². The molecular weight excluding hydrogens is 398 g/mol. The Morgan fingerprint density at radius 1 is 0.906 bits per heavy atom. The number of amidine groups is 2. The number of hydrogen-bond acceptors (Lipinski definition) is 3. The van der Waals surface area contributed by atoms with Crippen LogP contribution in [0.4, 0.5) is 0 Å². The van der Waals surface area contributed by atoms with Crippen molar-refractivity contribution in [1.82, 2.24) is 15.2 Å². The monoisotopic (exact) mass is 425 g/mol. The molecule has 3 aromatic carbocycles. The number of hydrogen-bond donors (Lipinski definition) is 4. The first-order valence-corrected chi connectivity index (χ1v) is 10.8. The molecular formula is C26H27N5O. The number of aromatic nitrogens is 1. The first-order chi connectivity index (χ1) is 15.7. The minimum Gasteiger partial charge on any atom is -0.361 e. The topological polar surface area (TPSA) is 95.8 Å². The molecule has 0 spiro atoms.